The lowest BCUT2D eigenvalue weighted by molar-refractivity contribution is 0.180. The predicted molar refractivity (Wildman–Crippen MR) is 75.7 cm³/mol. The van der Waals surface area contributed by atoms with Crippen molar-refractivity contribution in [3.8, 4) is 0 Å². The maximum absolute atomic E-state index is 12.9. The van der Waals surface area contributed by atoms with Crippen LogP contribution in [0.25, 0.3) is 11.2 Å². The van der Waals surface area contributed by atoms with Crippen molar-refractivity contribution >= 4 is 11.2 Å². The molecule has 0 spiro atoms. The molecule has 0 fully saturated rings. The fourth-order valence-corrected chi connectivity index (χ4v) is 1.71. The summed E-state index contributed by atoms with van der Waals surface area (Å²) in [6, 6.07) is 0. The van der Waals surface area contributed by atoms with Crippen LogP contribution in [0.4, 0.5) is 0 Å². The molecular weight excluding hydrogens is 260 g/mol. The summed E-state index contributed by atoms with van der Waals surface area (Å²) in [5.41, 5.74) is -4.46. The SMILES string of the molecule is [2H]c1nc2c(c(=O)n(CCCC([2H])([2H])C([2H])(O)C([2H])([2H])[2H])c(=O)n2C([2H])([2H])[2H])n1C([2H])([2H])[2H]. The van der Waals surface area contributed by atoms with Crippen molar-refractivity contribution in [3.63, 3.8) is 0 Å². The van der Waals surface area contributed by atoms with Crippen molar-refractivity contribution in [2.24, 2.45) is 14.0 Å². The van der Waals surface area contributed by atoms with Crippen LogP contribution in [0.15, 0.2) is 15.9 Å². The zero-order valence-electron chi connectivity index (χ0n) is 23.2. The fourth-order valence-electron chi connectivity index (χ4n) is 1.71. The molecule has 0 bridgehead atoms. The molecule has 2 rings (SSSR count). The first-order valence-corrected chi connectivity index (χ1v) is 5.54. The Morgan fingerprint density at radius 1 is 1.55 bits per heavy atom. The van der Waals surface area contributed by atoms with Crippen molar-refractivity contribution in [2.75, 3.05) is 0 Å². The number of aliphatic hydroxyl groups is 1. The van der Waals surface area contributed by atoms with Gasteiger partial charge >= 0.3 is 5.69 Å². The first-order valence-electron chi connectivity index (χ1n) is 12.0. The van der Waals surface area contributed by atoms with Crippen molar-refractivity contribution in [1.29, 1.82) is 0 Å². The van der Waals surface area contributed by atoms with Crippen LogP contribution < -0.4 is 11.2 Å². The number of imidazole rings is 1. The van der Waals surface area contributed by atoms with Crippen LogP contribution in [0.3, 0.4) is 0 Å². The quantitative estimate of drug-likeness (QED) is 0.840. The van der Waals surface area contributed by atoms with Crippen LogP contribution in [0, 0.1) is 0 Å². The Bertz CT molecular complexity index is 1170. The molecule has 7 nitrogen and oxygen atoms in total. The smallest absolute Gasteiger partial charge is 0.332 e. The summed E-state index contributed by atoms with van der Waals surface area (Å²) >= 11 is 0. The van der Waals surface area contributed by atoms with E-state index in [-0.39, 0.29) is 9.13 Å². The van der Waals surface area contributed by atoms with Crippen LogP contribution in [0.1, 0.15) is 43.9 Å². The number of nitrogens with zero attached hydrogens (tertiary/aromatic N) is 4. The average Bonchev–Trinajstić information content (AvgIpc) is 2.92. The van der Waals surface area contributed by atoms with Crippen LogP contribution in [-0.2, 0) is 20.5 Å². The van der Waals surface area contributed by atoms with Crippen molar-refractivity contribution < 1.29 is 22.9 Å². The van der Waals surface area contributed by atoms with Crippen LogP contribution >= 0.6 is 0 Å². The maximum Gasteiger partial charge on any atom is 0.332 e. The third-order valence-electron chi connectivity index (χ3n) is 2.62. The number of hydrogen-bond acceptors (Lipinski definition) is 4. The Morgan fingerprint density at radius 3 is 3.10 bits per heavy atom. The number of aryl methyl sites for hydroxylation is 2. The Kier molecular flexibility index (Phi) is 1.44. The van der Waals surface area contributed by atoms with Gasteiger partial charge in [-0.25, -0.2) is 9.78 Å². The van der Waals surface area contributed by atoms with E-state index in [1.165, 1.54) is 0 Å². The first-order chi connectivity index (χ1) is 14.6. The van der Waals surface area contributed by atoms with Gasteiger partial charge in [-0.05, 0) is 26.1 Å². The Hall–Kier alpha value is -1.89. The standard InChI is InChI=1S/C13H20N4O3/c1-9(18)6-4-5-7-17-12(19)10-11(14-8-15(10)2)16(3)13(17)20/h8-9,18H,4-7H2,1-3H3/i1D3,2D3,3D3,6D2,8D,9D. The van der Waals surface area contributed by atoms with E-state index in [1.54, 1.807) is 0 Å². The van der Waals surface area contributed by atoms with Gasteiger partial charge in [0.15, 0.2) is 11.2 Å². The molecule has 110 valence electrons. The summed E-state index contributed by atoms with van der Waals surface area (Å²) in [6.07, 6.45) is -8.88. The molecule has 1 atom stereocenters. The van der Waals surface area contributed by atoms with Gasteiger partial charge in [-0.3, -0.25) is 13.9 Å². The molecule has 20 heavy (non-hydrogen) atoms. The molecule has 2 heterocycles. The van der Waals surface area contributed by atoms with Crippen LogP contribution in [-0.4, -0.2) is 29.9 Å². The second-order valence-electron chi connectivity index (χ2n) is 3.92. The predicted octanol–water partition coefficient (Wildman–Crippen LogP) is -0.0152. The molecule has 0 aliphatic carbocycles. The third-order valence-corrected chi connectivity index (χ3v) is 2.62. The summed E-state index contributed by atoms with van der Waals surface area (Å²) in [7, 11) is 0. The topological polar surface area (TPSA) is 82.1 Å². The van der Waals surface area contributed by atoms with Gasteiger partial charge in [0.05, 0.1) is 13.8 Å². The van der Waals surface area contributed by atoms with Gasteiger partial charge in [-0.2, -0.15) is 0 Å². The third kappa shape index (κ3) is 2.53. The zero-order chi connectivity index (χ0) is 25.9. The lowest BCUT2D eigenvalue weighted by Crippen LogP contribution is -2.39. The summed E-state index contributed by atoms with van der Waals surface area (Å²) < 4.78 is 97.9. The highest BCUT2D eigenvalue weighted by molar-refractivity contribution is 5.69. The molecule has 0 radical (unpaired) electrons. The molecule has 0 aromatic carbocycles. The van der Waals surface area contributed by atoms with Gasteiger partial charge in [-0.15, -0.1) is 0 Å². The summed E-state index contributed by atoms with van der Waals surface area (Å²) in [5.74, 6) is 0. The van der Waals surface area contributed by atoms with E-state index >= 15 is 0 Å². The summed E-state index contributed by atoms with van der Waals surface area (Å²) in [5, 5.41) is 9.83. The number of rotatable bonds is 5. The number of fused-ring (bicyclic) bond motifs is 1. The Balaban J connectivity index is 2.65. The Labute approximate surface area is 134 Å². The monoisotopic (exact) mass is 293 g/mol. The second-order valence-corrected chi connectivity index (χ2v) is 3.92. The largest absolute Gasteiger partial charge is 0.393 e. The van der Waals surface area contributed by atoms with E-state index < -0.39 is 81.4 Å². The highest BCUT2D eigenvalue weighted by Crippen LogP contribution is 2.04. The zero-order valence-corrected chi connectivity index (χ0v) is 10.2. The van der Waals surface area contributed by atoms with Crippen molar-refractivity contribution in [2.45, 2.75) is 38.7 Å². The minimum absolute atomic E-state index is 0.0575. The molecule has 1 unspecified atom stereocenters. The van der Waals surface area contributed by atoms with Gasteiger partial charge in [0.25, 0.3) is 5.56 Å². The van der Waals surface area contributed by atoms with E-state index in [0.29, 0.717) is 4.57 Å². The first kappa shape index (κ1) is 5.14. The van der Waals surface area contributed by atoms with E-state index in [0.717, 1.165) is 0 Å². The molecular formula is C13H20N4O3. The minimum Gasteiger partial charge on any atom is -0.393 e. The highest BCUT2D eigenvalue weighted by Gasteiger charge is 2.14. The fraction of sp³-hybridized carbons (Fsp3) is 0.615. The van der Waals surface area contributed by atoms with Crippen LogP contribution in [0.5, 0.6) is 0 Å². The van der Waals surface area contributed by atoms with E-state index in [2.05, 4.69) is 4.98 Å². The molecule has 1 N–H and O–H groups in total. The number of hydrogen-bond donors (Lipinski definition) is 1. The van der Waals surface area contributed by atoms with Crippen LogP contribution in [0.2, 0.25) is 0 Å². The van der Waals surface area contributed by atoms with Crippen molar-refractivity contribution in [3.05, 3.63) is 27.1 Å². The van der Waals surface area contributed by atoms with Crippen molar-refractivity contribution in [1.82, 2.24) is 18.7 Å². The van der Waals surface area contributed by atoms with Gasteiger partial charge < -0.3 is 9.67 Å². The maximum atomic E-state index is 12.9. The van der Waals surface area contributed by atoms with Gasteiger partial charge in [0.1, 0.15) is 1.37 Å². The summed E-state index contributed by atoms with van der Waals surface area (Å²) in [4.78, 5) is 29.2. The van der Waals surface area contributed by atoms with E-state index in [4.69, 9.17) is 17.8 Å². The lowest BCUT2D eigenvalue weighted by atomic mass is 10.2. The average molecular weight is 293 g/mol. The van der Waals surface area contributed by atoms with Gasteiger partial charge in [-0.1, -0.05) is 0 Å². The lowest BCUT2D eigenvalue weighted by Gasteiger charge is -2.09. The molecule has 0 aliphatic rings. The second kappa shape index (κ2) is 5.62. The molecule has 0 amide bonds. The highest BCUT2D eigenvalue weighted by atomic mass is 16.3. The van der Waals surface area contributed by atoms with E-state index in [9.17, 15) is 14.7 Å². The van der Waals surface area contributed by atoms with Gasteiger partial charge in [0, 0.05) is 35.6 Å². The summed E-state index contributed by atoms with van der Waals surface area (Å²) in [6.45, 7) is -10.5. The van der Waals surface area contributed by atoms with E-state index in [1.807, 2.05) is 0 Å². The normalized spacial score (nSPS) is 26.8. The number of aromatic nitrogens is 4. The molecule has 7 heteroatoms. The minimum atomic E-state index is -3.52. The molecule has 0 aliphatic heterocycles. The molecule has 0 saturated heterocycles. The Morgan fingerprint density at radius 2 is 2.40 bits per heavy atom. The van der Waals surface area contributed by atoms with Gasteiger partial charge in [0.2, 0.25) is 0 Å². The molecule has 2 aromatic rings. The molecule has 0 saturated carbocycles. The molecule has 2 aromatic heterocycles.